The van der Waals surface area contributed by atoms with Gasteiger partial charge in [0.1, 0.15) is 5.82 Å². The SMILES string of the molecule is CCc1nc(SC(C)c2nnc(-c3ccc([N+](=O)[O-])cc3)o2)n[nH]1. The summed E-state index contributed by atoms with van der Waals surface area (Å²) in [4.78, 5) is 14.5. The number of nitro benzene ring substituents is 1. The van der Waals surface area contributed by atoms with Crippen LogP contribution in [0.2, 0.25) is 0 Å². The van der Waals surface area contributed by atoms with Gasteiger partial charge in [-0.2, -0.15) is 0 Å². The second-order valence-corrected chi connectivity index (χ2v) is 6.24. The van der Waals surface area contributed by atoms with Gasteiger partial charge in [0.25, 0.3) is 5.69 Å². The van der Waals surface area contributed by atoms with E-state index in [0.717, 1.165) is 12.2 Å². The number of nitro groups is 1. The molecule has 0 radical (unpaired) electrons. The number of nitrogens with zero attached hydrogens (tertiary/aromatic N) is 5. The number of aryl methyl sites for hydroxylation is 1. The van der Waals surface area contributed by atoms with Crippen molar-refractivity contribution in [3.8, 4) is 11.5 Å². The predicted molar refractivity (Wildman–Crippen MR) is 86.4 cm³/mol. The number of thioether (sulfide) groups is 1. The second kappa shape index (κ2) is 6.79. The van der Waals surface area contributed by atoms with Gasteiger partial charge < -0.3 is 4.42 Å². The van der Waals surface area contributed by atoms with Gasteiger partial charge in [-0.15, -0.1) is 15.3 Å². The summed E-state index contributed by atoms with van der Waals surface area (Å²) in [5.41, 5.74) is 0.640. The molecule has 1 aromatic carbocycles. The molecular formula is C14H14N6O3S. The van der Waals surface area contributed by atoms with Crippen LogP contribution >= 0.6 is 11.8 Å². The Balaban J connectivity index is 1.73. The molecular weight excluding hydrogens is 332 g/mol. The highest BCUT2D eigenvalue weighted by atomic mass is 32.2. The van der Waals surface area contributed by atoms with Gasteiger partial charge in [-0.3, -0.25) is 15.2 Å². The fourth-order valence-electron chi connectivity index (χ4n) is 1.94. The molecule has 0 aliphatic carbocycles. The lowest BCUT2D eigenvalue weighted by atomic mass is 10.2. The normalized spacial score (nSPS) is 12.2. The van der Waals surface area contributed by atoms with Crippen molar-refractivity contribution in [2.45, 2.75) is 30.7 Å². The molecule has 124 valence electrons. The molecule has 0 fully saturated rings. The number of rotatable bonds is 6. The zero-order valence-corrected chi connectivity index (χ0v) is 13.8. The summed E-state index contributed by atoms with van der Waals surface area (Å²) >= 11 is 1.41. The zero-order chi connectivity index (χ0) is 17.1. The summed E-state index contributed by atoms with van der Waals surface area (Å²) in [6, 6.07) is 5.96. The van der Waals surface area contributed by atoms with Crippen LogP contribution in [0.3, 0.4) is 0 Å². The largest absolute Gasteiger partial charge is 0.419 e. The third-order valence-electron chi connectivity index (χ3n) is 3.24. The molecule has 0 saturated carbocycles. The molecule has 0 bridgehead atoms. The predicted octanol–water partition coefficient (Wildman–Crippen LogP) is 3.18. The van der Waals surface area contributed by atoms with Crippen LogP contribution in [0.15, 0.2) is 33.8 Å². The first-order valence-electron chi connectivity index (χ1n) is 7.23. The van der Waals surface area contributed by atoms with Gasteiger partial charge in [-0.05, 0) is 19.1 Å². The van der Waals surface area contributed by atoms with Gasteiger partial charge in [0, 0.05) is 24.1 Å². The number of hydrogen-bond donors (Lipinski definition) is 1. The molecule has 3 rings (SSSR count). The summed E-state index contributed by atoms with van der Waals surface area (Å²) in [6.07, 6.45) is 0.785. The standard InChI is InChI=1S/C14H14N6O3S/c1-3-11-15-14(19-16-11)24-8(2)12-17-18-13(23-12)9-4-6-10(7-5-9)20(21)22/h4-8H,3H2,1-2H3,(H,15,16,19). The first-order chi connectivity index (χ1) is 11.6. The summed E-state index contributed by atoms with van der Waals surface area (Å²) in [5.74, 6) is 1.58. The molecule has 0 aliphatic rings. The molecule has 0 spiro atoms. The monoisotopic (exact) mass is 346 g/mol. The minimum atomic E-state index is -0.455. The van der Waals surface area contributed by atoms with Crippen molar-refractivity contribution in [1.82, 2.24) is 25.4 Å². The van der Waals surface area contributed by atoms with E-state index in [9.17, 15) is 10.1 Å². The highest BCUT2D eigenvalue weighted by molar-refractivity contribution is 7.99. The molecule has 2 aromatic heterocycles. The maximum Gasteiger partial charge on any atom is 0.269 e. The maximum atomic E-state index is 10.7. The Kier molecular flexibility index (Phi) is 4.56. The first kappa shape index (κ1) is 16.1. The number of hydrogen-bond acceptors (Lipinski definition) is 8. The number of non-ortho nitro benzene ring substituents is 1. The van der Waals surface area contributed by atoms with E-state index in [-0.39, 0.29) is 10.9 Å². The van der Waals surface area contributed by atoms with Gasteiger partial charge in [-0.1, -0.05) is 18.7 Å². The molecule has 0 amide bonds. The fraction of sp³-hybridized carbons (Fsp3) is 0.286. The maximum absolute atomic E-state index is 10.7. The third kappa shape index (κ3) is 3.43. The molecule has 1 unspecified atom stereocenters. The average Bonchev–Trinajstić information content (AvgIpc) is 3.24. The highest BCUT2D eigenvalue weighted by Crippen LogP contribution is 2.33. The summed E-state index contributed by atoms with van der Waals surface area (Å²) in [6.45, 7) is 3.91. The molecule has 1 N–H and O–H groups in total. The van der Waals surface area contributed by atoms with Gasteiger partial charge in [0.05, 0.1) is 10.2 Å². The lowest BCUT2D eigenvalue weighted by Gasteiger charge is -2.02. The number of aromatic nitrogens is 5. The quantitative estimate of drug-likeness (QED) is 0.410. The molecule has 0 aliphatic heterocycles. The van der Waals surface area contributed by atoms with Gasteiger partial charge in [0.15, 0.2) is 0 Å². The molecule has 9 nitrogen and oxygen atoms in total. The summed E-state index contributed by atoms with van der Waals surface area (Å²) in [7, 11) is 0. The van der Waals surface area contributed by atoms with Crippen molar-refractivity contribution >= 4 is 17.4 Å². The van der Waals surface area contributed by atoms with Crippen molar-refractivity contribution in [1.29, 1.82) is 0 Å². The first-order valence-corrected chi connectivity index (χ1v) is 8.11. The lowest BCUT2D eigenvalue weighted by molar-refractivity contribution is -0.384. The van der Waals surface area contributed by atoms with E-state index >= 15 is 0 Å². The van der Waals surface area contributed by atoms with Crippen LogP contribution in [0.5, 0.6) is 0 Å². The van der Waals surface area contributed by atoms with E-state index < -0.39 is 4.92 Å². The van der Waals surface area contributed by atoms with Crippen LogP contribution in [0.25, 0.3) is 11.5 Å². The van der Waals surface area contributed by atoms with Crippen molar-refractivity contribution in [2.24, 2.45) is 0 Å². The van der Waals surface area contributed by atoms with E-state index in [4.69, 9.17) is 4.42 Å². The molecule has 24 heavy (non-hydrogen) atoms. The van der Waals surface area contributed by atoms with E-state index in [2.05, 4.69) is 25.4 Å². The van der Waals surface area contributed by atoms with E-state index in [1.165, 1.54) is 23.9 Å². The Morgan fingerprint density at radius 1 is 1.33 bits per heavy atom. The molecule has 1 atom stereocenters. The Hall–Kier alpha value is -2.75. The minimum Gasteiger partial charge on any atom is -0.419 e. The molecule has 10 heteroatoms. The summed E-state index contributed by atoms with van der Waals surface area (Å²) in [5, 5.41) is 26.2. The van der Waals surface area contributed by atoms with E-state index in [1.807, 2.05) is 13.8 Å². The van der Waals surface area contributed by atoms with Crippen LogP contribution < -0.4 is 0 Å². The number of nitrogens with one attached hydrogen (secondary N) is 1. The fourth-order valence-corrected chi connectivity index (χ4v) is 2.71. The topological polar surface area (TPSA) is 124 Å². The van der Waals surface area contributed by atoms with Crippen LogP contribution in [0.1, 0.15) is 30.8 Å². The minimum absolute atomic E-state index is 0.0127. The number of aromatic amines is 1. The van der Waals surface area contributed by atoms with Crippen molar-refractivity contribution in [3.05, 3.63) is 46.1 Å². The second-order valence-electron chi connectivity index (χ2n) is 4.93. The Bertz CT molecular complexity index is 844. The average molecular weight is 346 g/mol. The lowest BCUT2D eigenvalue weighted by Crippen LogP contribution is -1.89. The number of H-pyrrole nitrogens is 1. The Morgan fingerprint density at radius 2 is 2.08 bits per heavy atom. The van der Waals surface area contributed by atoms with Crippen LogP contribution in [0.4, 0.5) is 5.69 Å². The molecule has 3 aromatic rings. The smallest absolute Gasteiger partial charge is 0.269 e. The third-order valence-corrected chi connectivity index (χ3v) is 4.19. The highest BCUT2D eigenvalue weighted by Gasteiger charge is 2.18. The van der Waals surface area contributed by atoms with Crippen molar-refractivity contribution in [2.75, 3.05) is 0 Å². The van der Waals surface area contributed by atoms with Gasteiger partial charge >= 0.3 is 0 Å². The van der Waals surface area contributed by atoms with Gasteiger partial charge in [0.2, 0.25) is 16.9 Å². The van der Waals surface area contributed by atoms with E-state index in [1.54, 1.807) is 12.1 Å². The number of benzene rings is 1. The van der Waals surface area contributed by atoms with E-state index in [0.29, 0.717) is 22.5 Å². The van der Waals surface area contributed by atoms with Crippen molar-refractivity contribution < 1.29 is 9.34 Å². The Morgan fingerprint density at radius 3 is 2.71 bits per heavy atom. The van der Waals surface area contributed by atoms with Crippen LogP contribution in [0, 0.1) is 10.1 Å². The molecule has 2 heterocycles. The van der Waals surface area contributed by atoms with Gasteiger partial charge in [-0.25, -0.2) is 4.98 Å². The Labute approximate surface area is 141 Å². The van der Waals surface area contributed by atoms with Crippen LogP contribution in [-0.4, -0.2) is 30.3 Å². The zero-order valence-electron chi connectivity index (χ0n) is 13.0. The van der Waals surface area contributed by atoms with Crippen molar-refractivity contribution in [3.63, 3.8) is 0 Å². The summed E-state index contributed by atoms with van der Waals surface area (Å²) < 4.78 is 5.66. The van der Waals surface area contributed by atoms with Crippen LogP contribution in [-0.2, 0) is 6.42 Å². The molecule has 0 saturated heterocycles.